The topological polar surface area (TPSA) is 13.1 Å². The summed E-state index contributed by atoms with van der Waals surface area (Å²) in [5, 5.41) is 2.36. The Morgan fingerprint density at radius 2 is 0.576 bits per heavy atom. The van der Waals surface area contributed by atoms with Crippen molar-refractivity contribution in [1.29, 1.82) is 0 Å². The molecular weight excluding hydrogens is 937 g/mol. The fourth-order valence-corrected chi connectivity index (χ4v) is 7.41. The monoisotopic (exact) mass is 951 g/mol. The Kier molecular flexibility index (Phi) is 12.2. The number of nitrogens with zero attached hydrogens (tertiary/aromatic N) is 1. The highest BCUT2D eigenvalue weighted by Gasteiger charge is 2.52. The van der Waals surface area contributed by atoms with Gasteiger partial charge >= 0.3 is 0 Å². The molecule has 0 saturated heterocycles. The minimum absolute atomic E-state index is 0.844. The molecule has 0 atom stereocenters. The SMILES string of the molecule is Fc1c(F)c(F)c([B-](c2c(F)c(F)c(F)c(F)c2F)(c2c(F)c(F)c(F)c(F)c2F)c2c(F)c(F)c(F)c(F)c2F)c(F)c1F.c1ccc2cc(O[n+]3ccc4ccccc4c3)cc-2cc1. The van der Waals surface area contributed by atoms with Gasteiger partial charge in [0.2, 0.25) is 18.1 Å². The first kappa shape index (κ1) is 46.7. The van der Waals surface area contributed by atoms with Crippen LogP contribution in [0.5, 0.6) is 5.75 Å². The molecule has 2 aliphatic rings. The van der Waals surface area contributed by atoms with Gasteiger partial charge in [-0.25, -0.2) is 92.6 Å². The van der Waals surface area contributed by atoms with E-state index in [0.29, 0.717) is 0 Å². The van der Waals surface area contributed by atoms with Gasteiger partial charge in [0.1, 0.15) is 52.7 Å². The summed E-state index contributed by atoms with van der Waals surface area (Å²) < 4.78 is 296. The van der Waals surface area contributed by atoms with E-state index in [-0.39, 0.29) is 0 Å². The first-order valence-corrected chi connectivity index (χ1v) is 17.9. The second-order valence-electron chi connectivity index (χ2n) is 13.8. The van der Waals surface area contributed by atoms with Crippen molar-refractivity contribution in [2.75, 3.05) is 0 Å². The van der Waals surface area contributed by atoms with Gasteiger partial charge in [-0.15, -0.1) is 21.9 Å². The van der Waals surface area contributed by atoms with Gasteiger partial charge < -0.3 is 0 Å². The Hall–Kier alpha value is -7.33. The third-order valence-corrected chi connectivity index (χ3v) is 10.3. The van der Waals surface area contributed by atoms with Gasteiger partial charge in [0.15, 0.2) is 69.8 Å². The Bertz CT molecular complexity index is 2840. The average molecular weight is 951 g/mol. The normalized spacial score (nSPS) is 11.6. The van der Waals surface area contributed by atoms with Crippen molar-refractivity contribution >= 4 is 38.8 Å². The second kappa shape index (κ2) is 17.2. The lowest BCUT2D eigenvalue weighted by Gasteiger charge is -2.44. The first-order valence-electron chi connectivity index (χ1n) is 17.9. The molecule has 6 aromatic rings. The lowest BCUT2D eigenvalue weighted by atomic mass is 9.12. The van der Waals surface area contributed by atoms with Gasteiger partial charge in [-0.1, -0.05) is 48.5 Å². The Labute approximate surface area is 354 Å². The molecule has 66 heavy (non-hydrogen) atoms. The summed E-state index contributed by atoms with van der Waals surface area (Å²) in [4.78, 5) is 5.92. The van der Waals surface area contributed by atoms with E-state index >= 15 is 35.1 Å². The molecule has 0 saturated carbocycles. The molecule has 1 aromatic heterocycles. The van der Waals surface area contributed by atoms with Crippen molar-refractivity contribution < 1.29 is 97.4 Å². The van der Waals surface area contributed by atoms with E-state index in [1.807, 2.05) is 42.7 Å². The highest BCUT2D eigenvalue weighted by atomic mass is 19.2. The molecule has 5 aromatic carbocycles. The van der Waals surface area contributed by atoms with Crippen LogP contribution >= 0.6 is 0 Å². The Balaban J connectivity index is 0.000000254. The molecule has 0 fully saturated rings. The van der Waals surface area contributed by atoms with Gasteiger partial charge in [0.05, 0.1) is 5.39 Å². The van der Waals surface area contributed by atoms with E-state index in [4.69, 9.17) is 4.84 Å². The third-order valence-electron chi connectivity index (χ3n) is 10.3. The average Bonchev–Trinajstić information content (AvgIpc) is 3.55. The molecule has 0 aliphatic heterocycles. The molecule has 2 nitrogen and oxygen atoms in total. The smallest absolute Gasteiger partial charge is 0.230 e. The van der Waals surface area contributed by atoms with Crippen molar-refractivity contribution in [1.82, 2.24) is 0 Å². The van der Waals surface area contributed by atoms with Crippen LogP contribution in [0.2, 0.25) is 0 Å². The van der Waals surface area contributed by atoms with Crippen LogP contribution < -0.4 is 31.4 Å². The third kappa shape index (κ3) is 7.16. The van der Waals surface area contributed by atoms with Gasteiger partial charge in [-0.2, -0.15) is 0 Å². The van der Waals surface area contributed by atoms with Crippen LogP contribution in [0.15, 0.2) is 85.2 Å². The molecule has 0 radical (unpaired) electrons. The van der Waals surface area contributed by atoms with Gasteiger partial charge in [-0.05, 0) is 34.7 Å². The molecule has 0 unspecified atom stereocenters. The maximum Gasteiger partial charge on any atom is 0.230 e. The maximum atomic E-state index is 15.4. The van der Waals surface area contributed by atoms with Gasteiger partial charge in [0.25, 0.3) is 0 Å². The van der Waals surface area contributed by atoms with E-state index < -0.39 is 144 Å². The summed E-state index contributed by atoms with van der Waals surface area (Å²) in [5.41, 5.74) is -12.0. The van der Waals surface area contributed by atoms with Gasteiger partial charge in [0, 0.05) is 10.8 Å². The predicted molar refractivity (Wildman–Crippen MR) is 192 cm³/mol. The van der Waals surface area contributed by atoms with E-state index in [1.165, 1.54) is 16.5 Å². The molecule has 1 heterocycles. The fraction of sp³-hybridized carbons (Fsp3) is 0. The van der Waals surface area contributed by atoms with Crippen LogP contribution in [0.4, 0.5) is 87.8 Å². The predicted octanol–water partition coefficient (Wildman–Crippen LogP) is 9.92. The number of halogens is 20. The van der Waals surface area contributed by atoms with E-state index in [1.54, 1.807) is 4.73 Å². The quantitative estimate of drug-likeness (QED) is 0.0533. The largest absolute Gasteiger partial charge is 0.231 e. The van der Waals surface area contributed by atoms with Crippen LogP contribution in [0.3, 0.4) is 0 Å². The van der Waals surface area contributed by atoms with Crippen LogP contribution in [0.25, 0.3) is 21.9 Å². The summed E-state index contributed by atoms with van der Waals surface area (Å²) in [5.74, 6) is -70.6. The van der Waals surface area contributed by atoms with Crippen molar-refractivity contribution in [2.24, 2.45) is 0 Å². The molecule has 23 heteroatoms. The van der Waals surface area contributed by atoms with Crippen LogP contribution in [0, 0.1) is 116 Å². The molecule has 8 rings (SSSR count). The van der Waals surface area contributed by atoms with E-state index in [9.17, 15) is 52.7 Å². The summed E-state index contributed by atoms with van der Waals surface area (Å²) in [6, 6.07) is 24.7. The molecular formula is C43H14BF20NO. The number of fused-ring (bicyclic) bond motifs is 2. The zero-order valence-electron chi connectivity index (χ0n) is 31.6. The minimum atomic E-state index is -7.22. The maximum absolute atomic E-state index is 15.4. The van der Waals surface area contributed by atoms with Crippen LogP contribution in [-0.2, 0) is 0 Å². The van der Waals surface area contributed by atoms with E-state index in [0.717, 1.165) is 11.1 Å². The minimum Gasteiger partial charge on any atom is -0.231 e. The highest BCUT2D eigenvalue weighted by Crippen LogP contribution is 2.32. The lowest BCUT2D eigenvalue weighted by Crippen LogP contribution is -2.81. The number of hydrogen-bond acceptors (Lipinski definition) is 1. The molecule has 0 spiro atoms. The van der Waals surface area contributed by atoms with Crippen molar-refractivity contribution in [3.8, 4) is 16.9 Å². The Morgan fingerprint density at radius 1 is 0.303 bits per heavy atom. The number of aromatic nitrogens is 1. The molecule has 0 N–H and O–H groups in total. The first-order chi connectivity index (χ1) is 31.1. The molecule has 2 aliphatic carbocycles. The Morgan fingerprint density at radius 3 is 0.894 bits per heavy atom. The number of pyridine rings is 1. The van der Waals surface area contributed by atoms with Crippen LogP contribution in [0.1, 0.15) is 0 Å². The lowest BCUT2D eigenvalue weighted by molar-refractivity contribution is -0.874. The zero-order valence-corrected chi connectivity index (χ0v) is 31.6. The molecule has 340 valence electrons. The fourth-order valence-electron chi connectivity index (χ4n) is 7.41. The zero-order chi connectivity index (χ0) is 48.4. The highest BCUT2D eigenvalue weighted by molar-refractivity contribution is 7.20. The van der Waals surface area contributed by atoms with Crippen molar-refractivity contribution in [2.45, 2.75) is 0 Å². The second-order valence-corrected chi connectivity index (χ2v) is 13.8. The summed E-state index contributed by atoms with van der Waals surface area (Å²) >= 11 is 0. The molecule has 0 amide bonds. The number of rotatable bonds is 6. The summed E-state index contributed by atoms with van der Waals surface area (Å²) in [7, 11) is 0. The number of hydrogen-bond donors (Lipinski definition) is 0. The summed E-state index contributed by atoms with van der Waals surface area (Å²) in [6.45, 7) is 0. The van der Waals surface area contributed by atoms with Gasteiger partial charge in [-0.3, -0.25) is 0 Å². The number of benzene rings is 5. The van der Waals surface area contributed by atoms with Crippen molar-refractivity contribution in [3.05, 3.63) is 202 Å². The van der Waals surface area contributed by atoms with Crippen LogP contribution in [-0.4, -0.2) is 6.15 Å². The van der Waals surface area contributed by atoms with E-state index in [2.05, 4.69) is 42.5 Å². The standard InChI is InChI=1S/C24BF20.C19H14NO/c26-5-1(6(27)14(35)21(42)13(5)34)25(2-7(28)15(36)22(43)16(37)8(2)29,3-9(30)17(38)23(44)18(39)10(3)31)4-11(32)19(40)24(45)20(41)12(4)33;1-2-7-16-12-19(13-17(16)8-3-1)21-20-11-10-15-6-4-5-9-18(15)14-20/h;1-14H/q-1;+1. The van der Waals surface area contributed by atoms with Crippen molar-refractivity contribution in [3.63, 3.8) is 0 Å². The summed E-state index contributed by atoms with van der Waals surface area (Å²) in [6.07, 6.45) is -3.29. The molecule has 0 bridgehead atoms.